The highest BCUT2D eigenvalue weighted by atomic mass is 28.2. The molecule has 3 aliphatic carbocycles. The molecule has 0 aromatic heterocycles. The second kappa shape index (κ2) is 7.21. The van der Waals surface area contributed by atoms with Crippen LogP contribution in [-0.4, -0.2) is 9.52 Å². The minimum absolute atomic E-state index is 0.152. The Balaban J connectivity index is 1.51. The van der Waals surface area contributed by atoms with Crippen LogP contribution in [0.2, 0.25) is 5.54 Å². The molecule has 0 amide bonds. The lowest BCUT2D eigenvalue weighted by Gasteiger charge is -2.29. The van der Waals surface area contributed by atoms with E-state index in [4.69, 9.17) is 0 Å². The number of allylic oxidation sites excluding steroid dienone is 4. The Morgan fingerprint density at radius 1 is 1.00 bits per heavy atom. The summed E-state index contributed by atoms with van der Waals surface area (Å²) in [7, 11) is -0.152. The van der Waals surface area contributed by atoms with Crippen molar-refractivity contribution in [1.82, 2.24) is 0 Å². The van der Waals surface area contributed by atoms with Crippen LogP contribution in [0.1, 0.15) is 51.4 Å². The second-order valence-corrected chi connectivity index (χ2v) is 10.3. The summed E-state index contributed by atoms with van der Waals surface area (Å²) in [5, 5.41) is 1.68. The third kappa shape index (κ3) is 3.55. The van der Waals surface area contributed by atoms with Crippen LogP contribution in [0.15, 0.2) is 54.1 Å². The van der Waals surface area contributed by atoms with Gasteiger partial charge in [-0.2, -0.15) is 0 Å². The van der Waals surface area contributed by atoms with E-state index in [0.717, 1.165) is 23.3 Å². The predicted octanol–water partition coefficient (Wildman–Crippen LogP) is 4.76. The van der Waals surface area contributed by atoms with Crippen LogP contribution in [0.25, 0.3) is 0 Å². The summed E-state index contributed by atoms with van der Waals surface area (Å²) in [5.41, 5.74) is 2.85. The molecule has 0 nitrogen and oxygen atoms in total. The average Bonchev–Trinajstić information content (AvgIpc) is 2.94. The monoisotopic (exact) mass is 322 g/mol. The Bertz CT molecular complexity index is 565. The first kappa shape index (κ1) is 15.4. The highest BCUT2D eigenvalue weighted by Gasteiger charge is 2.39. The molecule has 3 atom stereocenters. The average molecular weight is 323 g/mol. The van der Waals surface area contributed by atoms with E-state index in [1.165, 1.54) is 51.4 Å². The molecule has 0 saturated heterocycles. The fourth-order valence-corrected chi connectivity index (χ4v) is 7.88. The molecule has 0 spiro atoms. The van der Waals surface area contributed by atoms with Crippen molar-refractivity contribution in [3.05, 3.63) is 54.1 Å². The van der Waals surface area contributed by atoms with Crippen molar-refractivity contribution >= 4 is 14.7 Å². The first-order chi connectivity index (χ1) is 11.4. The smallest absolute Gasteiger partial charge is 0.0584 e. The normalized spacial score (nSPS) is 31.5. The number of fused-ring (bicyclic) bond motifs is 1. The van der Waals surface area contributed by atoms with Crippen LogP contribution in [-0.2, 0) is 0 Å². The molecule has 3 unspecified atom stereocenters. The van der Waals surface area contributed by atoms with Crippen LogP contribution >= 0.6 is 0 Å². The van der Waals surface area contributed by atoms with E-state index >= 15 is 0 Å². The molecular formula is C22H30Si. The summed E-state index contributed by atoms with van der Waals surface area (Å²) in [6, 6.07) is 11.4. The van der Waals surface area contributed by atoms with Crippen LogP contribution in [0, 0.1) is 17.8 Å². The second-order valence-electron chi connectivity index (χ2n) is 8.06. The van der Waals surface area contributed by atoms with E-state index in [9.17, 15) is 0 Å². The minimum Gasteiger partial charge on any atom is -0.0839 e. The Labute approximate surface area is 143 Å². The number of hydrogen-bond acceptors (Lipinski definition) is 0. The Morgan fingerprint density at radius 3 is 2.65 bits per heavy atom. The lowest BCUT2D eigenvalue weighted by atomic mass is 9.79. The molecule has 0 aliphatic heterocycles. The van der Waals surface area contributed by atoms with Gasteiger partial charge in [-0.15, -0.1) is 0 Å². The van der Waals surface area contributed by atoms with Gasteiger partial charge in [-0.3, -0.25) is 0 Å². The zero-order chi connectivity index (χ0) is 15.5. The summed E-state index contributed by atoms with van der Waals surface area (Å²) < 4.78 is 0. The van der Waals surface area contributed by atoms with Crippen LogP contribution in [0.3, 0.4) is 0 Å². The molecule has 0 N–H and O–H groups in total. The summed E-state index contributed by atoms with van der Waals surface area (Å²) >= 11 is 0. The summed E-state index contributed by atoms with van der Waals surface area (Å²) in [6.07, 6.45) is 19.0. The Hall–Kier alpha value is -1.08. The maximum atomic E-state index is 2.50. The van der Waals surface area contributed by atoms with Gasteiger partial charge in [0.1, 0.15) is 0 Å². The Kier molecular flexibility index (Phi) is 4.84. The van der Waals surface area contributed by atoms with E-state index < -0.39 is 0 Å². The summed E-state index contributed by atoms with van der Waals surface area (Å²) in [6.45, 7) is 0. The fraction of sp³-hybridized carbons (Fsp3) is 0.545. The van der Waals surface area contributed by atoms with E-state index in [-0.39, 0.29) is 9.52 Å². The molecule has 1 aromatic carbocycles. The van der Waals surface area contributed by atoms with E-state index in [0.29, 0.717) is 0 Å². The van der Waals surface area contributed by atoms with Gasteiger partial charge in [0.15, 0.2) is 0 Å². The zero-order valence-corrected chi connectivity index (χ0v) is 15.7. The molecule has 122 valence electrons. The molecule has 23 heavy (non-hydrogen) atoms. The molecule has 2 saturated carbocycles. The molecule has 1 aromatic rings. The molecule has 2 fully saturated rings. The van der Waals surface area contributed by atoms with Gasteiger partial charge in [0.25, 0.3) is 0 Å². The predicted molar refractivity (Wildman–Crippen MR) is 103 cm³/mol. The van der Waals surface area contributed by atoms with Crippen molar-refractivity contribution < 1.29 is 0 Å². The topological polar surface area (TPSA) is 0 Å². The van der Waals surface area contributed by atoms with Crippen LogP contribution < -0.4 is 5.19 Å². The van der Waals surface area contributed by atoms with E-state index in [1.54, 1.807) is 5.19 Å². The summed E-state index contributed by atoms with van der Waals surface area (Å²) in [4.78, 5) is 0. The third-order valence-corrected chi connectivity index (χ3v) is 8.92. The SMILES string of the molecule is C1=CCC2CC([SiH2]c3ccccc3)C(CC3CCCCC3)C2=C1. The van der Waals surface area contributed by atoms with Gasteiger partial charge >= 0.3 is 0 Å². The highest BCUT2D eigenvalue weighted by molar-refractivity contribution is 6.55. The van der Waals surface area contributed by atoms with Gasteiger partial charge in [-0.25, -0.2) is 0 Å². The lowest BCUT2D eigenvalue weighted by molar-refractivity contribution is 0.305. The van der Waals surface area contributed by atoms with Crippen molar-refractivity contribution in [2.75, 3.05) is 0 Å². The highest BCUT2D eigenvalue weighted by Crippen LogP contribution is 2.51. The number of rotatable bonds is 4. The van der Waals surface area contributed by atoms with Crippen molar-refractivity contribution in [2.45, 2.75) is 56.9 Å². The molecule has 3 aliphatic rings. The molecule has 4 rings (SSSR count). The van der Waals surface area contributed by atoms with Gasteiger partial charge in [0, 0.05) is 0 Å². The van der Waals surface area contributed by atoms with Crippen LogP contribution in [0.4, 0.5) is 0 Å². The first-order valence-electron chi connectivity index (χ1n) is 9.80. The van der Waals surface area contributed by atoms with Gasteiger partial charge in [-0.05, 0) is 42.6 Å². The maximum Gasteiger partial charge on any atom is 0.0584 e. The van der Waals surface area contributed by atoms with Gasteiger partial charge < -0.3 is 0 Å². The minimum atomic E-state index is -0.152. The first-order valence-corrected chi connectivity index (χ1v) is 11.3. The molecular weight excluding hydrogens is 292 g/mol. The summed E-state index contributed by atoms with van der Waals surface area (Å²) in [5.74, 6) is 2.82. The Morgan fingerprint density at radius 2 is 1.83 bits per heavy atom. The standard InChI is InChI=1S/C22H30Si/c1-3-9-17(10-4-1)15-21-20-14-8-7-11-18(20)16-22(21)23-19-12-5-2-6-13-19/h2,5-8,12-14,17-18,21-22H,1,3-4,9-11,15-16,23H2. The van der Waals surface area contributed by atoms with Gasteiger partial charge in [0.05, 0.1) is 9.52 Å². The van der Waals surface area contributed by atoms with Crippen molar-refractivity contribution in [3.63, 3.8) is 0 Å². The molecule has 0 heterocycles. The lowest BCUT2D eigenvalue weighted by Crippen LogP contribution is -2.24. The fourth-order valence-electron chi connectivity index (χ4n) is 5.41. The van der Waals surface area contributed by atoms with E-state index in [1.807, 2.05) is 5.57 Å². The zero-order valence-electron chi connectivity index (χ0n) is 14.3. The van der Waals surface area contributed by atoms with Crippen molar-refractivity contribution in [3.8, 4) is 0 Å². The largest absolute Gasteiger partial charge is 0.0839 e. The molecule has 0 bridgehead atoms. The molecule has 0 radical (unpaired) electrons. The van der Waals surface area contributed by atoms with Crippen LogP contribution in [0.5, 0.6) is 0 Å². The van der Waals surface area contributed by atoms with Crippen molar-refractivity contribution in [2.24, 2.45) is 17.8 Å². The van der Waals surface area contributed by atoms with E-state index in [2.05, 4.69) is 48.6 Å². The van der Waals surface area contributed by atoms with Gasteiger partial charge in [-0.1, -0.05) is 91.4 Å². The number of benzene rings is 1. The quantitative estimate of drug-likeness (QED) is 0.701. The van der Waals surface area contributed by atoms with Crippen molar-refractivity contribution in [1.29, 1.82) is 0 Å². The maximum absolute atomic E-state index is 2.50. The third-order valence-electron chi connectivity index (χ3n) is 6.55. The van der Waals surface area contributed by atoms with Gasteiger partial charge in [0.2, 0.25) is 0 Å². The molecule has 1 heteroatoms. The number of hydrogen-bond donors (Lipinski definition) is 0.